The molecule has 0 spiro atoms. The Kier molecular flexibility index (Phi) is 4.83. The number of carboxylic acids is 1. The zero-order chi connectivity index (χ0) is 16.1. The molecule has 0 radical (unpaired) electrons. The first-order valence-electron chi connectivity index (χ1n) is 6.85. The molecular formula is C16H17N3O3. The average Bonchev–Trinajstić information content (AvgIpc) is 2.46. The maximum atomic E-state index is 12.2. The van der Waals surface area contributed by atoms with Crippen LogP contribution in [-0.2, 0) is 11.2 Å². The number of amides is 1. The van der Waals surface area contributed by atoms with E-state index in [4.69, 9.17) is 0 Å². The van der Waals surface area contributed by atoms with Gasteiger partial charge in [-0.05, 0) is 25.5 Å². The van der Waals surface area contributed by atoms with Crippen LogP contribution in [0.15, 0.2) is 36.4 Å². The van der Waals surface area contributed by atoms with Crippen molar-refractivity contribution < 1.29 is 14.7 Å². The van der Waals surface area contributed by atoms with Gasteiger partial charge in [-0.15, -0.1) is 0 Å². The minimum atomic E-state index is -1.08. The highest BCUT2D eigenvalue weighted by Gasteiger charge is 2.22. The van der Waals surface area contributed by atoms with Crippen LogP contribution >= 0.6 is 0 Å². The van der Waals surface area contributed by atoms with E-state index in [-0.39, 0.29) is 12.1 Å². The van der Waals surface area contributed by atoms with Gasteiger partial charge in [0.1, 0.15) is 17.6 Å². The molecule has 6 heteroatoms. The maximum absolute atomic E-state index is 12.2. The lowest BCUT2D eigenvalue weighted by Gasteiger charge is -2.14. The first-order valence-corrected chi connectivity index (χ1v) is 6.85. The number of aliphatic carboxylic acids is 1. The van der Waals surface area contributed by atoms with E-state index in [1.807, 2.05) is 30.3 Å². The van der Waals surface area contributed by atoms with Crippen molar-refractivity contribution in [3.8, 4) is 0 Å². The molecule has 0 aliphatic carbocycles. The highest BCUT2D eigenvalue weighted by molar-refractivity contribution is 5.95. The third kappa shape index (κ3) is 4.12. The summed E-state index contributed by atoms with van der Waals surface area (Å²) in [5, 5.41) is 11.8. The Labute approximate surface area is 128 Å². The van der Waals surface area contributed by atoms with Crippen LogP contribution in [0.3, 0.4) is 0 Å². The second-order valence-electron chi connectivity index (χ2n) is 5.00. The van der Waals surface area contributed by atoms with E-state index in [1.54, 1.807) is 13.8 Å². The fourth-order valence-corrected chi connectivity index (χ4v) is 2.12. The molecular weight excluding hydrogens is 282 g/mol. The van der Waals surface area contributed by atoms with Gasteiger partial charge in [-0.1, -0.05) is 30.3 Å². The van der Waals surface area contributed by atoms with Gasteiger partial charge >= 0.3 is 5.97 Å². The van der Waals surface area contributed by atoms with Crippen molar-refractivity contribution >= 4 is 11.9 Å². The van der Waals surface area contributed by atoms with Crippen LogP contribution in [0, 0.1) is 13.8 Å². The van der Waals surface area contributed by atoms with Crippen molar-refractivity contribution in [1.82, 2.24) is 15.3 Å². The normalized spacial score (nSPS) is 11.7. The van der Waals surface area contributed by atoms with Gasteiger partial charge in [0.2, 0.25) is 0 Å². The van der Waals surface area contributed by atoms with E-state index in [2.05, 4.69) is 15.3 Å². The lowest BCUT2D eigenvalue weighted by atomic mass is 10.1. The molecule has 2 N–H and O–H groups in total. The lowest BCUT2D eigenvalue weighted by molar-refractivity contribution is -0.139. The highest BCUT2D eigenvalue weighted by Crippen LogP contribution is 2.05. The van der Waals surface area contributed by atoms with Gasteiger partial charge in [0.15, 0.2) is 0 Å². The highest BCUT2D eigenvalue weighted by atomic mass is 16.4. The van der Waals surface area contributed by atoms with Gasteiger partial charge in [0.25, 0.3) is 5.91 Å². The molecule has 0 saturated carbocycles. The largest absolute Gasteiger partial charge is 0.480 e. The molecule has 1 aromatic carbocycles. The van der Waals surface area contributed by atoms with Crippen LogP contribution in [0.25, 0.3) is 0 Å². The number of nitrogens with one attached hydrogen (secondary N) is 1. The molecule has 0 unspecified atom stereocenters. The van der Waals surface area contributed by atoms with Gasteiger partial charge in [-0.25, -0.2) is 14.8 Å². The predicted octanol–water partition coefficient (Wildman–Crippen LogP) is 1.52. The summed E-state index contributed by atoms with van der Waals surface area (Å²) in [6.45, 7) is 3.44. The van der Waals surface area contributed by atoms with Crippen molar-refractivity contribution in [3.63, 3.8) is 0 Å². The number of carbonyl (C=O) groups excluding carboxylic acids is 1. The van der Waals surface area contributed by atoms with Crippen molar-refractivity contribution in [3.05, 3.63) is 59.2 Å². The molecule has 0 bridgehead atoms. The number of carboxylic acid groups (broad SMARTS) is 1. The topological polar surface area (TPSA) is 92.2 Å². The zero-order valence-electron chi connectivity index (χ0n) is 12.4. The lowest BCUT2D eigenvalue weighted by Crippen LogP contribution is -2.42. The molecule has 1 atom stereocenters. The van der Waals surface area contributed by atoms with Gasteiger partial charge in [-0.3, -0.25) is 4.79 Å². The molecule has 22 heavy (non-hydrogen) atoms. The second kappa shape index (κ2) is 6.80. The molecule has 114 valence electrons. The Bertz CT molecular complexity index is 666. The summed E-state index contributed by atoms with van der Waals surface area (Å²) in [7, 11) is 0. The summed E-state index contributed by atoms with van der Waals surface area (Å²) in [4.78, 5) is 31.7. The predicted molar refractivity (Wildman–Crippen MR) is 80.5 cm³/mol. The number of hydrogen-bond acceptors (Lipinski definition) is 4. The van der Waals surface area contributed by atoms with E-state index in [9.17, 15) is 14.7 Å². The molecule has 0 aliphatic rings. The number of aromatic nitrogens is 2. The summed E-state index contributed by atoms with van der Waals surface area (Å²) in [5.41, 5.74) is 1.67. The van der Waals surface area contributed by atoms with Gasteiger partial charge < -0.3 is 10.4 Å². The molecule has 6 nitrogen and oxygen atoms in total. The van der Waals surface area contributed by atoms with Crippen LogP contribution in [-0.4, -0.2) is 33.0 Å². The number of rotatable bonds is 5. The first-order chi connectivity index (χ1) is 10.5. The van der Waals surface area contributed by atoms with Crippen molar-refractivity contribution in [2.24, 2.45) is 0 Å². The van der Waals surface area contributed by atoms with E-state index in [0.29, 0.717) is 11.5 Å². The van der Waals surface area contributed by atoms with Gasteiger partial charge in [0, 0.05) is 12.1 Å². The molecule has 2 aromatic rings. The van der Waals surface area contributed by atoms with Crippen LogP contribution in [0.5, 0.6) is 0 Å². The first kappa shape index (κ1) is 15.6. The van der Waals surface area contributed by atoms with Crippen LogP contribution < -0.4 is 5.32 Å². The fraction of sp³-hybridized carbons (Fsp3) is 0.250. The van der Waals surface area contributed by atoms with Gasteiger partial charge in [-0.2, -0.15) is 0 Å². The Balaban J connectivity index is 2.13. The Morgan fingerprint density at radius 1 is 1.18 bits per heavy atom. The zero-order valence-corrected chi connectivity index (χ0v) is 12.4. The molecule has 0 aliphatic heterocycles. The third-order valence-electron chi connectivity index (χ3n) is 3.08. The number of hydrogen-bond donors (Lipinski definition) is 2. The SMILES string of the molecule is Cc1cc(C(=O)N[C@@H](Cc2ccccc2)C(=O)O)nc(C)n1. The Morgan fingerprint density at radius 2 is 1.86 bits per heavy atom. The van der Waals surface area contributed by atoms with Crippen molar-refractivity contribution in [2.75, 3.05) is 0 Å². The summed E-state index contributed by atoms with van der Waals surface area (Å²) in [6.07, 6.45) is 0.213. The van der Waals surface area contributed by atoms with E-state index in [0.717, 1.165) is 5.56 Å². The molecule has 1 amide bonds. The average molecular weight is 299 g/mol. The molecule has 2 rings (SSSR count). The summed E-state index contributed by atoms with van der Waals surface area (Å²) >= 11 is 0. The Morgan fingerprint density at radius 3 is 2.45 bits per heavy atom. The van der Waals surface area contributed by atoms with Crippen LogP contribution in [0.2, 0.25) is 0 Å². The van der Waals surface area contributed by atoms with E-state index < -0.39 is 17.9 Å². The molecule has 0 fully saturated rings. The molecule has 0 saturated heterocycles. The summed E-state index contributed by atoms with van der Waals surface area (Å²) < 4.78 is 0. The minimum Gasteiger partial charge on any atom is -0.480 e. The summed E-state index contributed by atoms with van der Waals surface area (Å²) in [5.74, 6) is -1.13. The smallest absolute Gasteiger partial charge is 0.326 e. The summed E-state index contributed by atoms with van der Waals surface area (Å²) in [6, 6.07) is 9.67. The monoisotopic (exact) mass is 299 g/mol. The maximum Gasteiger partial charge on any atom is 0.326 e. The van der Waals surface area contributed by atoms with Crippen LogP contribution in [0.4, 0.5) is 0 Å². The molecule has 1 aromatic heterocycles. The minimum absolute atomic E-state index is 0.171. The standard InChI is InChI=1S/C16H17N3O3/c1-10-8-13(18-11(2)17-10)15(20)19-14(16(21)22)9-12-6-4-3-5-7-12/h3-8,14H,9H2,1-2H3,(H,19,20)(H,21,22)/t14-/m0/s1. The quantitative estimate of drug-likeness (QED) is 0.873. The Hall–Kier alpha value is -2.76. The van der Waals surface area contributed by atoms with Crippen molar-refractivity contribution in [1.29, 1.82) is 0 Å². The number of carbonyl (C=O) groups is 2. The van der Waals surface area contributed by atoms with Crippen molar-refractivity contribution in [2.45, 2.75) is 26.3 Å². The molecule has 1 heterocycles. The third-order valence-corrected chi connectivity index (χ3v) is 3.08. The van der Waals surface area contributed by atoms with Gasteiger partial charge in [0.05, 0.1) is 0 Å². The van der Waals surface area contributed by atoms with E-state index >= 15 is 0 Å². The number of aryl methyl sites for hydroxylation is 2. The number of nitrogens with zero attached hydrogens (tertiary/aromatic N) is 2. The van der Waals surface area contributed by atoms with E-state index in [1.165, 1.54) is 6.07 Å². The van der Waals surface area contributed by atoms with Crippen LogP contribution in [0.1, 0.15) is 27.6 Å². The fourth-order valence-electron chi connectivity index (χ4n) is 2.12. The number of benzene rings is 1. The second-order valence-corrected chi connectivity index (χ2v) is 5.00.